The summed E-state index contributed by atoms with van der Waals surface area (Å²) in [5.41, 5.74) is 0.0934. The van der Waals surface area contributed by atoms with E-state index in [0.29, 0.717) is 12.4 Å². The fourth-order valence-corrected chi connectivity index (χ4v) is 3.65. The molecule has 1 aliphatic rings. The summed E-state index contributed by atoms with van der Waals surface area (Å²) in [6, 6.07) is 12.1. The highest BCUT2D eigenvalue weighted by Gasteiger charge is 2.48. The summed E-state index contributed by atoms with van der Waals surface area (Å²) in [5, 5.41) is 13.3. The molecule has 29 heavy (non-hydrogen) atoms. The van der Waals surface area contributed by atoms with Gasteiger partial charge in [0.2, 0.25) is 0 Å². The van der Waals surface area contributed by atoms with E-state index in [1.165, 1.54) is 0 Å². The van der Waals surface area contributed by atoms with Crippen LogP contribution in [0.25, 0.3) is 10.8 Å². The Labute approximate surface area is 173 Å². The van der Waals surface area contributed by atoms with E-state index in [-0.39, 0.29) is 11.7 Å². The smallest absolute Gasteiger partial charge is 0.125 e. The van der Waals surface area contributed by atoms with Crippen molar-refractivity contribution in [3.05, 3.63) is 42.0 Å². The Morgan fingerprint density at radius 3 is 2.14 bits per heavy atom. The van der Waals surface area contributed by atoms with Crippen LogP contribution >= 0.6 is 0 Å². The summed E-state index contributed by atoms with van der Waals surface area (Å²) in [6.45, 7) is 12.3. The molecule has 0 saturated carbocycles. The van der Waals surface area contributed by atoms with Gasteiger partial charge in [0.1, 0.15) is 30.2 Å². The largest absolute Gasteiger partial charge is 0.496 e. The number of hydrogen-bond donors (Lipinski definition) is 1. The third-order valence-electron chi connectivity index (χ3n) is 4.91. The second-order valence-electron chi connectivity index (χ2n) is 9.65. The van der Waals surface area contributed by atoms with Crippen LogP contribution in [-0.4, -0.2) is 48.3 Å². The summed E-state index contributed by atoms with van der Waals surface area (Å²) in [4.78, 5) is 0. The minimum Gasteiger partial charge on any atom is -0.496 e. The van der Waals surface area contributed by atoms with Crippen LogP contribution in [0.3, 0.4) is 0 Å². The molecule has 2 aromatic carbocycles. The minimum absolute atomic E-state index is 0.306. The average Bonchev–Trinajstić information content (AvgIpc) is 2.92. The Morgan fingerprint density at radius 1 is 0.966 bits per heavy atom. The lowest BCUT2D eigenvalue weighted by atomic mass is 9.97. The number of rotatable bonds is 5. The zero-order chi connectivity index (χ0) is 21.4. The first kappa shape index (κ1) is 22.0. The topological polar surface area (TPSA) is 57.2 Å². The number of aliphatic hydroxyl groups excluding tert-OH is 1. The molecule has 4 atom stereocenters. The van der Waals surface area contributed by atoms with E-state index in [2.05, 4.69) is 0 Å². The second kappa shape index (κ2) is 8.23. The standard InChI is InChI=1S/C24H34O5/c1-23(2,3)27-14-19-22(29-24(4,5)6)20(25)21(28-19)17-12-15-10-8-9-11-16(15)13-18(17)26-7/h8-13,19-22,25H,14H2,1-7H3/t19-,20-,21+,22?/m0/s1. The third-order valence-corrected chi connectivity index (χ3v) is 4.91. The zero-order valence-corrected chi connectivity index (χ0v) is 18.6. The molecule has 0 radical (unpaired) electrons. The van der Waals surface area contributed by atoms with E-state index in [1.807, 2.05) is 77.9 Å². The summed E-state index contributed by atoms with van der Waals surface area (Å²) in [5.74, 6) is 0.694. The Kier molecular flexibility index (Phi) is 6.25. The van der Waals surface area contributed by atoms with Gasteiger partial charge in [0.25, 0.3) is 0 Å². The first-order valence-electron chi connectivity index (χ1n) is 10.2. The number of aliphatic hydroxyl groups is 1. The van der Waals surface area contributed by atoms with Crippen molar-refractivity contribution in [3.63, 3.8) is 0 Å². The molecule has 3 rings (SSSR count). The number of methoxy groups -OCH3 is 1. The molecular weight excluding hydrogens is 368 g/mol. The lowest BCUT2D eigenvalue weighted by Crippen LogP contribution is -2.42. The van der Waals surface area contributed by atoms with Crippen molar-refractivity contribution in [2.75, 3.05) is 13.7 Å². The molecule has 1 aliphatic heterocycles. The number of hydrogen-bond acceptors (Lipinski definition) is 5. The van der Waals surface area contributed by atoms with Crippen LogP contribution in [0.5, 0.6) is 5.75 Å². The van der Waals surface area contributed by atoms with Gasteiger partial charge in [-0.25, -0.2) is 0 Å². The summed E-state index contributed by atoms with van der Waals surface area (Å²) in [6.07, 6.45) is -2.28. The van der Waals surface area contributed by atoms with Crippen molar-refractivity contribution in [3.8, 4) is 5.75 Å². The predicted octanol–water partition coefficient (Wildman–Crippen LogP) is 4.65. The van der Waals surface area contributed by atoms with Crippen LogP contribution in [0.15, 0.2) is 36.4 Å². The van der Waals surface area contributed by atoms with Crippen molar-refractivity contribution in [1.82, 2.24) is 0 Å². The molecule has 5 nitrogen and oxygen atoms in total. The Bertz CT molecular complexity index is 833. The van der Waals surface area contributed by atoms with Crippen LogP contribution in [0.1, 0.15) is 53.2 Å². The minimum atomic E-state index is -0.835. The highest BCUT2D eigenvalue weighted by Crippen LogP contribution is 2.42. The van der Waals surface area contributed by atoms with Crippen molar-refractivity contribution < 1.29 is 24.1 Å². The van der Waals surface area contributed by atoms with Crippen molar-refractivity contribution in [1.29, 1.82) is 0 Å². The molecule has 1 saturated heterocycles. The van der Waals surface area contributed by atoms with E-state index >= 15 is 0 Å². The summed E-state index contributed by atoms with van der Waals surface area (Å²) >= 11 is 0. The first-order valence-corrected chi connectivity index (χ1v) is 10.2. The Hall–Kier alpha value is -1.66. The van der Waals surface area contributed by atoms with E-state index in [9.17, 15) is 5.11 Å². The quantitative estimate of drug-likeness (QED) is 0.789. The molecule has 1 unspecified atom stereocenters. The maximum absolute atomic E-state index is 11.2. The number of fused-ring (bicyclic) bond motifs is 1. The van der Waals surface area contributed by atoms with E-state index in [0.717, 1.165) is 16.3 Å². The predicted molar refractivity (Wildman–Crippen MR) is 114 cm³/mol. The summed E-state index contributed by atoms with van der Waals surface area (Å²) in [7, 11) is 1.64. The maximum Gasteiger partial charge on any atom is 0.125 e. The monoisotopic (exact) mass is 402 g/mol. The van der Waals surface area contributed by atoms with Gasteiger partial charge >= 0.3 is 0 Å². The van der Waals surface area contributed by atoms with Crippen LogP contribution in [0.4, 0.5) is 0 Å². The molecule has 1 N–H and O–H groups in total. The SMILES string of the molecule is COc1cc2ccccc2cc1[C@H]1O[C@@H](COC(C)(C)C)C(OC(C)(C)C)[C@H]1O. The van der Waals surface area contributed by atoms with Gasteiger partial charge in [-0.1, -0.05) is 24.3 Å². The van der Waals surface area contributed by atoms with E-state index in [4.69, 9.17) is 18.9 Å². The van der Waals surface area contributed by atoms with Gasteiger partial charge in [0.15, 0.2) is 0 Å². The molecule has 1 fully saturated rings. The maximum atomic E-state index is 11.2. The lowest BCUT2D eigenvalue weighted by Gasteiger charge is -2.30. The Morgan fingerprint density at radius 2 is 1.59 bits per heavy atom. The molecule has 0 aromatic heterocycles. The van der Waals surface area contributed by atoms with Gasteiger partial charge in [0, 0.05) is 5.56 Å². The molecule has 0 bridgehead atoms. The molecule has 5 heteroatoms. The second-order valence-corrected chi connectivity index (χ2v) is 9.65. The molecule has 0 spiro atoms. The van der Waals surface area contributed by atoms with Crippen molar-refractivity contribution in [2.45, 2.75) is 77.2 Å². The molecule has 2 aromatic rings. The van der Waals surface area contributed by atoms with Crippen molar-refractivity contribution >= 4 is 10.8 Å². The fraction of sp³-hybridized carbons (Fsp3) is 0.583. The molecule has 0 aliphatic carbocycles. The highest BCUT2D eigenvalue weighted by atomic mass is 16.6. The highest BCUT2D eigenvalue weighted by molar-refractivity contribution is 5.85. The number of benzene rings is 2. The number of ether oxygens (including phenoxy) is 4. The fourth-order valence-electron chi connectivity index (χ4n) is 3.65. The van der Waals surface area contributed by atoms with E-state index < -0.39 is 23.9 Å². The van der Waals surface area contributed by atoms with Crippen LogP contribution in [0.2, 0.25) is 0 Å². The van der Waals surface area contributed by atoms with Gasteiger partial charge in [-0.15, -0.1) is 0 Å². The van der Waals surface area contributed by atoms with Crippen LogP contribution in [0, 0.1) is 0 Å². The lowest BCUT2D eigenvalue weighted by molar-refractivity contribution is -0.137. The van der Waals surface area contributed by atoms with Gasteiger partial charge < -0.3 is 24.1 Å². The van der Waals surface area contributed by atoms with Crippen LogP contribution < -0.4 is 4.74 Å². The normalized spacial score (nSPS) is 25.5. The molecule has 1 heterocycles. The van der Waals surface area contributed by atoms with Gasteiger partial charge in [-0.05, 0) is 64.4 Å². The van der Waals surface area contributed by atoms with E-state index in [1.54, 1.807) is 7.11 Å². The van der Waals surface area contributed by atoms with Gasteiger partial charge in [-0.3, -0.25) is 0 Å². The first-order chi connectivity index (χ1) is 13.5. The molecule has 0 amide bonds. The van der Waals surface area contributed by atoms with Crippen molar-refractivity contribution in [2.24, 2.45) is 0 Å². The summed E-state index contributed by atoms with van der Waals surface area (Å²) < 4.78 is 24.1. The molecular formula is C24H34O5. The van der Waals surface area contributed by atoms with Gasteiger partial charge in [0.05, 0.1) is 24.9 Å². The van der Waals surface area contributed by atoms with Crippen LogP contribution in [-0.2, 0) is 14.2 Å². The Balaban J connectivity index is 1.95. The zero-order valence-electron chi connectivity index (χ0n) is 18.6. The molecule has 160 valence electrons. The van der Waals surface area contributed by atoms with Gasteiger partial charge in [-0.2, -0.15) is 0 Å². The third kappa shape index (κ3) is 5.28. The average molecular weight is 403 g/mol.